The molecule has 0 bridgehead atoms. The predicted octanol–water partition coefficient (Wildman–Crippen LogP) is 4.34. The molecule has 1 aliphatic rings. The van der Waals surface area contributed by atoms with Gasteiger partial charge in [0.2, 0.25) is 11.8 Å². The van der Waals surface area contributed by atoms with E-state index in [4.69, 9.17) is 16.3 Å². The topological polar surface area (TPSA) is 58.6 Å². The Morgan fingerprint density at radius 3 is 2.68 bits per heavy atom. The third kappa shape index (κ3) is 5.11. The number of benzene rings is 2. The van der Waals surface area contributed by atoms with Gasteiger partial charge >= 0.3 is 0 Å². The van der Waals surface area contributed by atoms with Gasteiger partial charge in [0.25, 0.3) is 0 Å². The number of carbonyl (C=O) groups is 1. The minimum absolute atomic E-state index is 0.00426. The monoisotopic (exact) mass is 440 g/mol. The third-order valence-corrected chi connectivity index (χ3v) is 5.53. The van der Waals surface area contributed by atoms with E-state index in [0.29, 0.717) is 36.3 Å². The van der Waals surface area contributed by atoms with E-state index in [0.717, 1.165) is 11.4 Å². The molecular formula is C23H22ClFN4O2. The highest BCUT2D eigenvalue weighted by molar-refractivity contribution is 6.32. The fraction of sp³-hybridized carbons (Fsp3) is 0.261. The van der Waals surface area contributed by atoms with Gasteiger partial charge in [0, 0.05) is 31.7 Å². The summed E-state index contributed by atoms with van der Waals surface area (Å²) in [6.45, 7) is 3.86. The summed E-state index contributed by atoms with van der Waals surface area (Å²) >= 11 is 6.16. The first kappa shape index (κ1) is 21.1. The number of halogens is 2. The molecule has 4 rings (SSSR count). The Labute approximate surface area is 185 Å². The Hall–Kier alpha value is -3.19. The van der Waals surface area contributed by atoms with Crippen molar-refractivity contribution in [2.75, 3.05) is 24.5 Å². The zero-order valence-electron chi connectivity index (χ0n) is 17.0. The number of amides is 1. The maximum Gasteiger partial charge on any atom is 0.227 e. The quantitative estimate of drug-likeness (QED) is 0.590. The Bertz CT molecular complexity index is 1060. The van der Waals surface area contributed by atoms with E-state index in [-0.39, 0.29) is 24.2 Å². The Kier molecular flexibility index (Phi) is 6.32. The molecule has 31 heavy (non-hydrogen) atoms. The van der Waals surface area contributed by atoms with E-state index in [1.807, 2.05) is 24.0 Å². The second kappa shape index (κ2) is 9.31. The molecule has 2 aromatic carbocycles. The number of hydrogen-bond acceptors (Lipinski definition) is 5. The van der Waals surface area contributed by atoms with Crippen molar-refractivity contribution in [3.63, 3.8) is 0 Å². The van der Waals surface area contributed by atoms with Crippen LogP contribution in [0.3, 0.4) is 0 Å². The molecule has 160 valence electrons. The summed E-state index contributed by atoms with van der Waals surface area (Å²) in [7, 11) is 0. The van der Waals surface area contributed by atoms with Crippen LogP contribution in [0.5, 0.6) is 11.6 Å². The molecule has 3 aromatic rings. The van der Waals surface area contributed by atoms with E-state index >= 15 is 0 Å². The number of carbonyl (C=O) groups excluding carboxylic acids is 1. The van der Waals surface area contributed by atoms with Crippen molar-refractivity contribution in [1.82, 2.24) is 14.9 Å². The van der Waals surface area contributed by atoms with Crippen LogP contribution in [-0.4, -0.2) is 46.5 Å². The molecule has 0 spiro atoms. The van der Waals surface area contributed by atoms with E-state index in [9.17, 15) is 9.18 Å². The van der Waals surface area contributed by atoms with Gasteiger partial charge in [0.1, 0.15) is 23.7 Å². The van der Waals surface area contributed by atoms with E-state index in [1.165, 1.54) is 18.5 Å². The van der Waals surface area contributed by atoms with Crippen LogP contribution in [0, 0.1) is 5.82 Å². The summed E-state index contributed by atoms with van der Waals surface area (Å²) in [6, 6.07) is 15.0. The fourth-order valence-electron chi connectivity index (χ4n) is 3.61. The summed E-state index contributed by atoms with van der Waals surface area (Å²) in [4.78, 5) is 25.3. The van der Waals surface area contributed by atoms with Crippen LogP contribution in [0.1, 0.15) is 12.5 Å². The predicted molar refractivity (Wildman–Crippen MR) is 117 cm³/mol. The van der Waals surface area contributed by atoms with Crippen molar-refractivity contribution in [2.24, 2.45) is 0 Å². The second-order valence-corrected chi connectivity index (χ2v) is 7.84. The molecule has 0 unspecified atom stereocenters. The minimum atomic E-state index is -0.305. The zero-order chi connectivity index (χ0) is 21.8. The van der Waals surface area contributed by atoms with E-state index in [2.05, 4.69) is 14.9 Å². The van der Waals surface area contributed by atoms with Crippen molar-refractivity contribution < 1.29 is 13.9 Å². The van der Waals surface area contributed by atoms with Crippen molar-refractivity contribution in [3.8, 4) is 11.6 Å². The number of nitrogens with zero attached hydrogens (tertiary/aromatic N) is 4. The van der Waals surface area contributed by atoms with Gasteiger partial charge in [-0.15, -0.1) is 0 Å². The molecule has 1 amide bonds. The van der Waals surface area contributed by atoms with Gasteiger partial charge in [-0.2, -0.15) is 0 Å². The largest absolute Gasteiger partial charge is 0.437 e. The minimum Gasteiger partial charge on any atom is -0.437 e. The fourth-order valence-corrected chi connectivity index (χ4v) is 3.79. The molecule has 0 radical (unpaired) electrons. The van der Waals surface area contributed by atoms with Crippen LogP contribution < -0.4 is 9.64 Å². The van der Waals surface area contributed by atoms with Crippen molar-refractivity contribution in [3.05, 3.63) is 77.3 Å². The van der Waals surface area contributed by atoms with E-state index in [1.54, 1.807) is 30.3 Å². The highest BCUT2D eigenvalue weighted by Crippen LogP contribution is 2.29. The summed E-state index contributed by atoms with van der Waals surface area (Å²) in [6.07, 6.45) is 1.71. The summed E-state index contributed by atoms with van der Waals surface area (Å²) in [5, 5.41) is 0.504. The number of anilines is 1. The number of hydrogen-bond donors (Lipinski definition) is 0. The normalized spacial score (nSPS) is 16.3. The number of piperazine rings is 1. The van der Waals surface area contributed by atoms with Gasteiger partial charge < -0.3 is 14.5 Å². The Balaban J connectivity index is 1.40. The van der Waals surface area contributed by atoms with Gasteiger partial charge in [-0.3, -0.25) is 4.79 Å². The molecule has 1 aliphatic heterocycles. The average Bonchev–Trinajstić information content (AvgIpc) is 2.77. The maximum atomic E-state index is 13.1. The first-order valence-electron chi connectivity index (χ1n) is 10.0. The van der Waals surface area contributed by atoms with Crippen LogP contribution in [0.4, 0.5) is 10.2 Å². The number of rotatable bonds is 5. The first-order valence-corrected chi connectivity index (χ1v) is 10.4. The summed E-state index contributed by atoms with van der Waals surface area (Å²) in [5.74, 6) is 1.39. The van der Waals surface area contributed by atoms with Gasteiger partial charge in [-0.25, -0.2) is 14.4 Å². The molecule has 6 nitrogen and oxygen atoms in total. The standard InChI is InChI=1S/C23H22ClFN4O2/c1-16-14-28(10-11-29(16)23(30)12-17-6-8-18(25)9-7-17)21-13-22(27-15-26-21)31-20-5-3-2-4-19(20)24/h2-9,13,15-16H,10-12,14H2,1H3/t16-/m1/s1. The van der Waals surface area contributed by atoms with Crippen LogP contribution in [0.25, 0.3) is 0 Å². The third-order valence-electron chi connectivity index (χ3n) is 5.22. The lowest BCUT2D eigenvalue weighted by Gasteiger charge is -2.40. The molecule has 0 N–H and O–H groups in total. The molecular weight excluding hydrogens is 419 g/mol. The maximum absolute atomic E-state index is 13.1. The lowest BCUT2D eigenvalue weighted by atomic mass is 10.1. The Morgan fingerprint density at radius 2 is 1.94 bits per heavy atom. The van der Waals surface area contributed by atoms with Crippen LogP contribution >= 0.6 is 11.6 Å². The smallest absolute Gasteiger partial charge is 0.227 e. The molecule has 2 heterocycles. The molecule has 0 aliphatic carbocycles. The molecule has 1 saturated heterocycles. The SMILES string of the molecule is C[C@@H]1CN(c2cc(Oc3ccccc3Cl)ncn2)CCN1C(=O)Cc1ccc(F)cc1. The number of para-hydroxylation sites is 1. The lowest BCUT2D eigenvalue weighted by Crippen LogP contribution is -2.54. The molecule has 1 aromatic heterocycles. The van der Waals surface area contributed by atoms with Crippen molar-refractivity contribution in [1.29, 1.82) is 0 Å². The van der Waals surface area contributed by atoms with Gasteiger partial charge in [-0.1, -0.05) is 35.9 Å². The Morgan fingerprint density at radius 1 is 1.16 bits per heavy atom. The van der Waals surface area contributed by atoms with Crippen molar-refractivity contribution in [2.45, 2.75) is 19.4 Å². The molecule has 0 saturated carbocycles. The van der Waals surface area contributed by atoms with Crippen LogP contribution in [0.2, 0.25) is 5.02 Å². The highest BCUT2D eigenvalue weighted by atomic mass is 35.5. The van der Waals surface area contributed by atoms with Crippen LogP contribution in [-0.2, 0) is 11.2 Å². The first-order chi connectivity index (χ1) is 15.0. The van der Waals surface area contributed by atoms with Crippen LogP contribution in [0.15, 0.2) is 60.9 Å². The average molecular weight is 441 g/mol. The summed E-state index contributed by atoms with van der Waals surface area (Å²) in [5.41, 5.74) is 0.804. The van der Waals surface area contributed by atoms with Gasteiger partial charge in [0.05, 0.1) is 11.4 Å². The van der Waals surface area contributed by atoms with E-state index < -0.39 is 0 Å². The molecule has 8 heteroatoms. The van der Waals surface area contributed by atoms with Crippen molar-refractivity contribution >= 4 is 23.3 Å². The van der Waals surface area contributed by atoms with Gasteiger partial charge in [0.15, 0.2) is 0 Å². The molecule has 1 fully saturated rings. The number of ether oxygens (including phenoxy) is 1. The summed E-state index contributed by atoms with van der Waals surface area (Å²) < 4.78 is 18.9. The van der Waals surface area contributed by atoms with Gasteiger partial charge in [-0.05, 0) is 36.8 Å². The highest BCUT2D eigenvalue weighted by Gasteiger charge is 2.28. The lowest BCUT2D eigenvalue weighted by molar-refractivity contribution is -0.132. The molecule has 1 atom stereocenters. The number of aromatic nitrogens is 2. The zero-order valence-corrected chi connectivity index (χ0v) is 17.8. The second-order valence-electron chi connectivity index (χ2n) is 7.43.